The van der Waals surface area contributed by atoms with Crippen LogP contribution in [0.15, 0.2) is 164 Å². The van der Waals surface area contributed by atoms with Crippen molar-refractivity contribution in [1.82, 2.24) is 4.90 Å². The van der Waals surface area contributed by atoms with Crippen molar-refractivity contribution >= 4 is 11.9 Å². The van der Waals surface area contributed by atoms with Crippen molar-refractivity contribution in [1.29, 1.82) is 0 Å². The molecule has 3 aromatic rings. The number of carbonyl (C=O) groups is 2. The summed E-state index contributed by atoms with van der Waals surface area (Å²) in [6, 6.07) is 32.1. The van der Waals surface area contributed by atoms with Crippen LogP contribution in [0.4, 0.5) is 0 Å². The molecule has 0 radical (unpaired) electrons. The lowest BCUT2D eigenvalue weighted by molar-refractivity contribution is -0.906. The average molecular weight is 2140 g/mol. The summed E-state index contributed by atoms with van der Waals surface area (Å²) >= 11 is 0. The number of esters is 2. The minimum absolute atomic E-state index is 0. The van der Waals surface area contributed by atoms with E-state index in [1.165, 1.54) is 428 Å². The molecule has 149 heavy (non-hydrogen) atoms. The number of allylic oxidation sites excluding steroid dienone is 12. The Morgan fingerprint density at radius 2 is 0.477 bits per heavy atom. The number of ether oxygens (including phenoxy) is 6. The van der Waals surface area contributed by atoms with Crippen molar-refractivity contribution < 1.29 is 84.2 Å². The van der Waals surface area contributed by atoms with E-state index in [9.17, 15) is 9.59 Å². The highest BCUT2D eigenvalue weighted by atomic mass is 35.5. The summed E-state index contributed by atoms with van der Waals surface area (Å²) in [6.07, 6.45) is 125. The zero-order valence-corrected chi connectivity index (χ0v) is 102. The zero-order valence-electron chi connectivity index (χ0n) is 99.3. The molecule has 0 N–H and O–H groups in total. The number of halogens is 3. The Morgan fingerprint density at radius 3 is 0.758 bits per heavy atom. The third-order valence-electron chi connectivity index (χ3n) is 28.4. The van der Waals surface area contributed by atoms with Crippen LogP contribution in [0.3, 0.4) is 0 Å². The molecule has 2 atom stereocenters. The maximum Gasteiger partial charge on any atom is 0.306 e. The number of hydrogen-bond acceptors (Lipinski definition) is 9. The lowest BCUT2D eigenvalue weighted by Gasteiger charge is -2.33. The Labute approximate surface area is 943 Å². The highest BCUT2D eigenvalue weighted by Crippen LogP contribution is 2.22. The number of nitrogens with zero attached hydrogens (tertiary/aromatic N) is 3. The monoisotopic (exact) mass is 2140 g/mol. The van der Waals surface area contributed by atoms with E-state index in [-0.39, 0.29) is 61.9 Å². The molecule has 0 saturated heterocycles. The van der Waals surface area contributed by atoms with Gasteiger partial charge in [-0.1, -0.05) is 488 Å². The fourth-order valence-corrected chi connectivity index (χ4v) is 19.3. The Bertz CT molecular complexity index is 3270. The van der Waals surface area contributed by atoms with Crippen LogP contribution in [0.5, 0.6) is 0 Å². The van der Waals surface area contributed by atoms with E-state index in [1.807, 2.05) is 6.07 Å². The number of likely N-dealkylation sites (N-methyl/N-ethyl adjacent to an activating group) is 2. The molecule has 0 aliphatic heterocycles. The summed E-state index contributed by atoms with van der Waals surface area (Å²) in [5.41, 5.74) is 3.98. The Kier molecular flexibility index (Phi) is 120. The second-order valence-corrected chi connectivity index (χ2v) is 44.5. The van der Waals surface area contributed by atoms with Crippen LogP contribution in [0.1, 0.15) is 546 Å². The molecule has 11 nitrogen and oxygen atoms in total. The Balaban J connectivity index is -0.00000213. The predicted octanol–water partition coefficient (Wildman–Crippen LogP) is 31.0. The summed E-state index contributed by atoms with van der Waals surface area (Å²) in [6.45, 7) is 25.9. The molecule has 0 spiro atoms. The van der Waals surface area contributed by atoms with Crippen molar-refractivity contribution in [2.45, 2.75) is 561 Å². The highest BCUT2D eigenvalue weighted by Gasteiger charge is 2.28. The Hall–Kier alpha value is -4.37. The standard InChI is InChI=1S/C46H80NO4.C45H81NO2.C44H80NO2.3ClH/c1-5-7-9-11-13-15-17-19-21-23-25-27-29-34-38-45(48)50-42-44(41-47(3,4)40-43-36-32-31-33-37-43)51-46(49)39-35-30-28-26-24-22-20-18-16-14-12-10-8-6-2;1-3-5-7-9-11-13-15-17-19-21-23-25-27-29-34-40-47-42-38-46(44-45-36-32-31-33-37-45)39-43-48-41-35-30-28-26-24-22-20-18-16-14-12-10-8-6-4-2;1-5-7-9-11-13-15-17-19-21-23-25-27-29-34-38-46-42-44(41-45(3,4)40-43-36-32-31-33-37-43)47-39-35-30-28-26-24-22-20-18-16-14-12-10-8-6-2;;;/h19-22,31-33,36-37,44H,5-18,23-30,34-35,38-42H2,1-4H3;17-20,31-33,36-37H,3-16,21-30,34-35,38-44H2,1-2H3;19-22,31-33,36-37,44H,5-18,23-30,34-35,38-42H2,1-4H3;3*1H/q+1;;+1;;;/p-3/b21-19-,22-20-;19-17-,20-18-;21-19-,22-20-;;;. The van der Waals surface area contributed by atoms with E-state index < -0.39 is 6.10 Å². The van der Waals surface area contributed by atoms with E-state index >= 15 is 0 Å². The molecule has 0 saturated carbocycles. The minimum Gasteiger partial charge on any atom is -1.00 e. The van der Waals surface area contributed by atoms with Gasteiger partial charge in [0.1, 0.15) is 38.9 Å². The van der Waals surface area contributed by atoms with Gasteiger partial charge in [0.25, 0.3) is 0 Å². The molecule has 0 aliphatic rings. The summed E-state index contributed by atoms with van der Waals surface area (Å²) in [4.78, 5) is 28.0. The smallest absolute Gasteiger partial charge is 0.306 e. The van der Waals surface area contributed by atoms with Gasteiger partial charge >= 0.3 is 11.9 Å². The molecular formula is C135H241Cl3N3O8-. The van der Waals surface area contributed by atoms with Crippen LogP contribution in [0.2, 0.25) is 0 Å². The molecule has 3 rings (SSSR count). The SMILES string of the molecule is CCCCCCCC/C=C\CCCCCCC(=O)OCC(C[N+](C)(C)Cc1ccccc1)OC(=O)CCCCCC/C=C\CCCCCCCC.CCCCCCCC/C=C\CCCCCCCOCCN(CCOCCCCCCC/C=C\CCCCCCCC)Cc1ccccc1.CCCCCCCC/C=C\CCCCCCOCC(C[N+](C)(C)Cc1ccccc1)OCCCCCC/C=C\CCCCCCCC.[Cl-].[Cl-].[Cl-]. The fraction of sp³-hybridized carbons (Fsp3) is 0.763. The topological polar surface area (TPSA) is 92.8 Å². The van der Waals surface area contributed by atoms with Crippen molar-refractivity contribution in [2.24, 2.45) is 0 Å². The Morgan fingerprint density at radius 1 is 0.248 bits per heavy atom. The van der Waals surface area contributed by atoms with E-state index in [4.69, 9.17) is 28.4 Å². The molecule has 0 aromatic heterocycles. The molecule has 866 valence electrons. The number of hydrogen-bond donors (Lipinski definition) is 0. The van der Waals surface area contributed by atoms with Crippen LogP contribution >= 0.6 is 0 Å². The van der Waals surface area contributed by atoms with Gasteiger partial charge in [-0.05, 0) is 198 Å². The zero-order chi connectivity index (χ0) is 105. The van der Waals surface area contributed by atoms with Crippen molar-refractivity contribution in [2.75, 3.05) is 107 Å². The first-order chi connectivity index (χ1) is 71.8. The summed E-state index contributed by atoms with van der Waals surface area (Å²) < 4.78 is 38.0. The maximum atomic E-state index is 12.9. The number of benzene rings is 3. The van der Waals surface area contributed by atoms with Gasteiger partial charge < -0.3 is 74.6 Å². The van der Waals surface area contributed by atoms with Gasteiger partial charge in [0.2, 0.25) is 0 Å². The van der Waals surface area contributed by atoms with Gasteiger partial charge in [0.15, 0.2) is 6.10 Å². The lowest BCUT2D eigenvalue weighted by Crippen LogP contribution is -3.00. The molecule has 2 unspecified atom stereocenters. The molecule has 3 aromatic carbocycles. The van der Waals surface area contributed by atoms with Gasteiger partial charge in [-0.2, -0.15) is 0 Å². The van der Waals surface area contributed by atoms with Crippen molar-refractivity contribution in [3.8, 4) is 0 Å². The first-order valence-corrected chi connectivity index (χ1v) is 62.9. The van der Waals surface area contributed by atoms with Gasteiger partial charge in [-0.25, -0.2) is 0 Å². The van der Waals surface area contributed by atoms with E-state index in [2.05, 4.69) is 232 Å². The average Bonchev–Trinajstić information content (AvgIpc) is 0.871. The fourth-order valence-electron chi connectivity index (χ4n) is 19.3. The second-order valence-electron chi connectivity index (χ2n) is 44.5. The van der Waals surface area contributed by atoms with Crippen LogP contribution in [0.25, 0.3) is 0 Å². The van der Waals surface area contributed by atoms with Gasteiger partial charge in [0, 0.05) is 70.0 Å². The van der Waals surface area contributed by atoms with Crippen molar-refractivity contribution in [3.05, 3.63) is 181 Å². The molecular weight excluding hydrogens is 1900 g/mol. The minimum atomic E-state index is -0.458. The third-order valence-corrected chi connectivity index (χ3v) is 28.4. The largest absolute Gasteiger partial charge is 1.00 e. The summed E-state index contributed by atoms with van der Waals surface area (Å²) in [5.74, 6) is -0.375. The predicted molar refractivity (Wildman–Crippen MR) is 639 cm³/mol. The van der Waals surface area contributed by atoms with Gasteiger partial charge in [-0.15, -0.1) is 0 Å². The number of unbranched alkanes of at least 4 members (excludes halogenated alkanes) is 62. The van der Waals surface area contributed by atoms with Crippen LogP contribution < -0.4 is 37.2 Å². The number of carbonyl (C=O) groups excluding carboxylic acids is 2. The molecule has 0 aliphatic carbocycles. The van der Waals surface area contributed by atoms with E-state index in [1.54, 1.807) is 0 Å². The third kappa shape index (κ3) is 113. The maximum absolute atomic E-state index is 12.9. The molecule has 14 heteroatoms. The van der Waals surface area contributed by atoms with Gasteiger partial charge in [0.05, 0.1) is 48.0 Å². The molecule has 0 heterocycles. The van der Waals surface area contributed by atoms with Gasteiger partial charge in [-0.3, -0.25) is 14.5 Å². The number of rotatable bonds is 108. The molecule has 0 fully saturated rings. The first kappa shape index (κ1) is 149. The van der Waals surface area contributed by atoms with E-state index in [0.717, 1.165) is 148 Å². The van der Waals surface area contributed by atoms with Crippen LogP contribution in [-0.4, -0.2) is 145 Å². The summed E-state index contributed by atoms with van der Waals surface area (Å²) in [7, 11) is 8.93. The molecule has 0 bridgehead atoms. The number of quaternary nitrogens is 2. The second kappa shape index (κ2) is 121. The quantitative estimate of drug-likeness (QED) is 0.0237. The normalized spacial score (nSPS) is 12.2. The van der Waals surface area contributed by atoms with E-state index in [0.29, 0.717) is 30.5 Å². The van der Waals surface area contributed by atoms with Crippen molar-refractivity contribution in [3.63, 3.8) is 0 Å². The molecule has 0 amide bonds. The summed E-state index contributed by atoms with van der Waals surface area (Å²) in [5, 5.41) is 0. The lowest BCUT2D eigenvalue weighted by atomic mass is 10.1. The van der Waals surface area contributed by atoms with Crippen LogP contribution in [0, 0.1) is 0 Å². The van der Waals surface area contributed by atoms with Crippen LogP contribution in [-0.2, 0) is 57.6 Å². The highest BCUT2D eigenvalue weighted by molar-refractivity contribution is 5.70. The first-order valence-electron chi connectivity index (χ1n) is 62.9.